The van der Waals surface area contributed by atoms with Crippen LogP contribution in [0.15, 0.2) is 12.3 Å². The van der Waals surface area contributed by atoms with Crippen molar-refractivity contribution in [2.24, 2.45) is 5.92 Å². The van der Waals surface area contributed by atoms with Gasteiger partial charge in [0.2, 0.25) is 11.9 Å². The highest BCUT2D eigenvalue weighted by Crippen LogP contribution is 2.21. The summed E-state index contributed by atoms with van der Waals surface area (Å²) in [6.45, 7) is 4.54. The Kier molecular flexibility index (Phi) is 3.68. The molecule has 1 amide bonds. The quantitative estimate of drug-likeness (QED) is 0.844. The van der Waals surface area contributed by atoms with E-state index in [1.165, 1.54) is 0 Å². The van der Waals surface area contributed by atoms with E-state index >= 15 is 0 Å². The van der Waals surface area contributed by atoms with Crippen LogP contribution in [0.3, 0.4) is 0 Å². The van der Waals surface area contributed by atoms with Gasteiger partial charge >= 0.3 is 0 Å². The molecule has 1 N–H and O–H groups in total. The van der Waals surface area contributed by atoms with Crippen molar-refractivity contribution < 1.29 is 9.53 Å². The van der Waals surface area contributed by atoms with E-state index < -0.39 is 0 Å². The molecule has 1 aliphatic heterocycles. The van der Waals surface area contributed by atoms with Crippen molar-refractivity contribution in [3.05, 3.63) is 18.0 Å². The van der Waals surface area contributed by atoms with E-state index in [1.807, 2.05) is 13.8 Å². The molecule has 0 radical (unpaired) electrons. The van der Waals surface area contributed by atoms with Crippen LogP contribution < -0.4 is 5.32 Å². The molecular weight excluding hydrogens is 218 g/mol. The first-order valence-electron chi connectivity index (χ1n) is 5.89. The van der Waals surface area contributed by atoms with Crippen LogP contribution in [0.2, 0.25) is 0 Å². The summed E-state index contributed by atoms with van der Waals surface area (Å²) in [4.78, 5) is 20.2. The number of aromatic nitrogens is 2. The maximum atomic E-state index is 12.0. The number of carbonyl (C=O) groups is 1. The van der Waals surface area contributed by atoms with E-state index in [0.29, 0.717) is 5.95 Å². The number of hydrogen-bond donors (Lipinski definition) is 1. The van der Waals surface area contributed by atoms with Gasteiger partial charge < -0.3 is 4.74 Å². The lowest BCUT2D eigenvalue weighted by Gasteiger charge is -2.27. The highest BCUT2D eigenvalue weighted by Gasteiger charge is 2.28. The van der Waals surface area contributed by atoms with Crippen LogP contribution in [0.5, 0.6) is 0 Å². The van der Waals surface area contributed by atoms with E-state index in [9.17, 15) is 4.79 Å². The number of anilines is 1. The molecule has 0 saturated carbocycles. The minimum absolute atomic E-state index is 0.0337. The number of nitrogens with zero attached hydrogens (tertiary/aromatic N) is 2. The van der Waals surface area contributed by atoms with Gasteiger partial charge in [0, 0.05) is 18.5 Å². The first kappa shape index (κ1) is 12.0. The van der Waals surface area contributed by atoms with Crippen LogP contribution in [0.1, 0.15) is 25.5 Å². The number of carbonyl (C=O) groups excluding carboxylic acids is 1. The molecule has 0 bridgehead atoms. The van der Waals surface area contributed by atoms with Gasteiger partial charge in [-0.25, -0.2) is 9.97 Å². The normalized spacial score (nSPS) is 24.4. The zero-order valence-electron chi connectivity index (χ0n) is 10.1. The van der Waals surface area contributed by atoms with Crippen LogP contribution in [0, 0.1) is 12.8 Å². The molecule has 1 aliphatic rings. The molecule has 2 heterocycles. The molecule has 1 saturated heterocycles. The van der Waals surface area contributed by atoms with Crippen LogP contribution in [-0.4, -0.2) is 28.6 Å². The van der Waals surface area contributed by atoms with Gasteiger partial charge in [-0.2, -0.15) is 0 Å². The third kappa shape index (κ3) is 3.00. The summed E-state index contributed by atoms with van der Waals surface area (Å²) in [6.07, 6.45) is 3.39. The molecular formula is C12H17N3O2. The van der Waals surface area contributed by atoms with Crippen molar-refractivity contribution in [2.75, 3.05) is 11.9 Å². The van der Waals surface area contributed by atoms with E-state index in [4.69, 9.17) is 4.74 Å². The minimum Gasteiger partial charge on any atom is -0.378 e. The SMILES string of the molecule is Cc1ccnc(NC(=O)C2CCCOC2C)n1. The fraction of sp³-hybridized carbons (Fsp3) is 0.583. The standard InChI is InChI=1S/C12H17N3O2/c1-8-5-6-13-12(14-8)15-11(16)10-4-3-7-17-9(10)2/h5-6,9-10H,3-4,7H2,1-2H3,(H,13,14,15,16). The molecule has 5 heteroatoms. The Labute approximate surface area is 101 Å². The van der Waals surface area contributed by atoms with Gasteiger partial charge in [-0.15, -0.1) is 0 Å². The predicted molar refractivity (Wildman–Crippen MR) is 63.5 cm³/mol. The molecule has 92 valence electrons. The first-order valence-corrected chi connectivity index (χ1v) is 5.89. The lowest BCUT2D eigenvalue weighted by atomic mass is 9.94. The van der Waals surface area contributed by atoms with E-state index in [2.05, 4.69) is 15.3 Å². The molecule has 2 atom stereocenters. The molecule has 1 fully saturated rings. The smallest absolute Gasteiger partial charge is 0.232 e. The van der Waals surface area contributed by atoms with Crippen molar-refractivity contribution in [1.29, 1.82) is 0 Å². The maximum Gasteiger partial charge on any atom is 0.232 e. The number of nitrogens with one attached hydrogen (secondary N) is 1. The Morgan fingerprint density at radius 1 is 1.59 bits per heavy atom. The fourth-order valence-electron chi connectivity index (χ4n) is 1.98. The van der Waals surface area contributed by atoms with Gasteiger partial charge in [0.05, 0.1) is 12.0 Å². The zero-order chi connectivity index (χ0) is 12.3. The van der Waals surface area contributed by atoms with E-state index in [0.717, 1.165) is 25.1 Å². The average molecular weight is 235 g/mol. The molecule has 0 aliphatic carbocycles. The molecule has 17 heavy (non-hydrogen) atoms. The zero-order valence-corrected chi connectivity index (χ0v) is 10.1. The highest BCUT2D eigenvalue weighted by molar-refractivity contribution is 5.91. The Balaban J connectivity index is 2.01. The largest absolute Gasteiger partial charge is 0.378 e. The second-order valence-corrected chi connectivity index (χ2v) is 4.34. The van der Waals surface area contributed by atoms with Gasteiger partial charge in [0.15, 0.2) is 0 Å². The highest BCUT2D eigenvalue weighted by atomic mass is 16.5. The van der Waals surface area contributed by atoms with Crippen molar-refractivity contribution in [3.63, 3.8) is 0 Å². The predicted octanol–water partition coefficient (Wildman–Crippen LogP) is 1.54. The Hall–Kier alpha value is -1.49. The van der Waals surface area contributed by atoms with E-state index in [1.54, 1.807) is 12.3 Å². The summed E-state index contributed by atoms with van der Waals surface area (Å²) < 4.78 is 5.47. The topological polar surface area (TPSA) is 64.1 Å². The third-order valence-corrected chi connectivity index (χ3v) is 2.97. The first-order chi connectivity index (χ1) is 8.16. The molecule has 2 unspecified atom stereocenters. The lowest BCUT2D eigenvalue weighted by Crippen LogP contribution is -2.36. The van der Waals surface area contributed by atoms with Crippen molar-refractivity contribution in [3.8, 4) is 0 Å². The number of hydrogen-bond acceptors (Lipinski definition) is 4. The average Bonchev–Trinajstić information content (AvgIpc) is 2.29. The Morgan fingerprint density at radius 2 is 2.41 bits per heavy atom. The second kappa shape index (κ2) is 5.23. The monoisotopic (exact) mass is 235 g/mol. The maximum absolute atomic E-state index is 12.0. The molecule has 2 rings (SSSR count). The molecule has 1 aromatic rings. The molecule has 0 spiro atoms. The Morgan fingerprint density at radius 3 is 3.12 bits per heavy atom. The van der Waals surface area contributed by atoms with Crippen molar-refractivity contribution >= 4 is 11.9 Å². The molecule has 0 aromatic carbocycles. The Bertz CT molecular complexity index is 408. The van der Waals surface area contributed by atoms with Gasteiger partial charge in [-0.1, -0.05) is 0 Å². The van der Waals surface area contributed by atoms with Crippen LogP contribution in [0.25, 0.3) is 0 Å². The summed E-state index contributed by atoms with van der Waals surface area (Å²) in [7, 11) is 0. The fourth-order valence-corrected chi connectivity index (χ4v) is 1.98. The summed E-state index contributed by atoms with van der Waals surface area (Å²) in [5, 5.41) is 2.74. The molecule has 1 aromatic heterocycles. The van der Waals surface area contributed by atoms with Gasteiger partial charge in [0.25, 0.3) is 0 Å². The lowest BCUT2D eigenvalue weighted by molar-refractivity contribution is -0.127. The van der Waals surface area contributed by atoms with Gasteiger partial charge in [0.1, 0.15) is 0 Å². The summed E-state index contributed by atoms with van der Waals surface area (Å²) in [5.41, 5.74) is 0.836. The summed E-state index contributed by atoms with van der Waals surface area (Å²) >= 11 is 0. The van der Waals surface area contributed by atoms with Crippen LogP contribution >= 0.6 is 0 Å². The second-order valence-electron chi connectivity index (χ2n) is 4.34. The summed E-state index contributed by atoms with van der Waals surface area (Å²) in [6, 6.07) is 1.79. The van der Waals surface area contributed by atoms with Crippen molar-refractivity contribution in [1.82, 2.24) is 9.97 Å². The minimum atomic E-state index is -0.104. The molecule has 5 nitrogen and oxygen atoms in total. The third-order valence-electron chi connectivity index (χ3n) is 2.97. The number of aryl methyl sites for hydroxylation is 1. The van der Waals surface area contributed by atoms with Gasteiger partial charge in [-0.05, 0) is 32.8 Å². The van der Waals surface area contributed by atoms with Crippen LogP contribution in [0.4, 0.5) is 5.95 Å². The number of amides is 1. The number of rotatable bonds is 2. The summed E-state index contributed by atoms with van der Waals surface area (Å²) in [5.74, 6) is 0.212. The van der Waals surface area contributed by atoms with Crippen LogP contribution in [-0.2, 0) is 9.53 Å². The van der Waals surface area contributed by atoms with Gasteiger partial charge in [-0.3, -0.25) is 10.1 Å². The van der Waals surface area contributed by atoms with Crippen molar-refractivity contribution in [2.45, 2.75) is 32.8 Å². The number of ether oxygens (including phenoxy) is 1. The van der Waals surface area contributed by atoms with E-state index in [-0.39, 0.29) is 17.9 Å².